The van der Waals surface area contributed by atoms with Gasteiger partial charge in [0.1, 0.15) is 6.04 Å². The molecule has 0 aliphatic carbocycles. The molecule has 0 aliphatic heterocycles. The molecule has 0 amide bonds. The Balaban J connectivity index is 1.87. The highest BCUT2D eigenvalue weighted by atomic mass is 19.4. The summed E-state index contributed by atoms with van der Waals surface area (Å²) in [4.78, 5) is 11.7. The Bertz CT molecular complexity index is 947. The van der Waals surface area contributed by atoms with Crippen molar-refractivity contribution >= 4 is 16.9 Å². The minimum absolute atomic E-state index is 0.00408. The van der Waals surface area contributed by atoms with Gasteiger partial charge >= 0.3 is 12.1 Å². The number of hydrogen-bond acceptors (Lipinski definition) is 2. The topological polar surface area (TPSA) is 54.3 Å². The van der Waals surface area contributed by atoms with Crippen LogP contribution in [0.3, 0.4) is 0 Å². The van der Waals surface area contributed by atoms with Crippen LogP contribution >= 0.6 is 0 Å². The summed E-state index contributed by atoms with van der Waals surface area (Å²) in [5, 5.41) is 13.3. The maximum absolute atomic E-state index is 12.8. The maximum Gasteiger partial charge on any atom is 0.416 e. The molecule has 0 radical (unpaired) electrons. The maximum atomic E-state index is 12.8. The number of carbonyl (C=O) groups is 1. The number of aryl methyl sites for hydroxylation is 1. The number of fused-ring (bicyclic) bond motifs is 1. The van der Waals surface area contributed by atoms with Crippen molar-refractivity contribution in [3.8, 4) is 0 Å². The number of hydrogen-bond donors (Lipinski definition) is 2. The Morgan fingerprint density at radius 3 is 2.62 bits per heavy atom. The fourth-order valence-electron chi connectivity index (χ4n) is 3.01. The average Bonchev–Trinajstić information content (AvgIpc) is 2.92. The van der Waals surface area contributed by atoms with Gasteiger partial charge in [-0.05, 0) is 17.7 Å². The van der Waals surface area contributed by atoms with Crippen LogP contribution in [-0.2, 0) is 24.6 Å². The first kappa shape index (κ1) is 18.0. The molecule has 1 aromatic heterocycles. The summed E-state index contributed by atoms with van der Waals surface area (Å²) in [6.07, 6.45) is -2.71. The van der Waals surface area contributed by atoms with Crippen LogP contribution in [0.2, 0.25) is 0 Å². The quantitative estimate of drug-likeness (QED) is 0.718. The fraction of sp³-hybridized carbons (Fsp3) is 0.211. The van der Waals surface area contributed by atoms with Crippen molar-refractivity contribution in [2.24, 2.45) is 7.05 Å². The van der Waals surface area contributed by atoms with E-state index in [0.29, 0.717) is 11.1 Å². The van der Waals surface area contributed by atoms with Crippen molar-refractivity contribution in [1.82, 2.24) is 9.88 Å². The first-order valence-corrected chi connectivity index (χ1v) is 7.93. The molecule has 3 aromatic rings. The molecule has 1 unspecified atom stereocenters. The number of rotatable bonds is 5. The lowest BCUT2D eigenvalue weighted by Gasteiger charge is -2.15. The number of halogens is 3. The van der Waals surface area contributed by atoms with Gasteiger partial charge in [-0.25, -0.2) is 0 Å². The highest BCUT2D eigenvalue weighted by molar-refractivity contribution is 5.89. The van der Waals surface area contributed by atoms with Crippen molar-refractivity contribution < 1.29 is 23.1 Å². The number of carboxylic acids is 1. The number of benzene rings is 2. The number of alkyl halides is 3. The summed E-state index contributed by atoms with van der Waals surface area (Å²) in [6.45, 7) is 0.00408. The molecule has 2 aromatic carbocycles. The van der Waals surface area contributed by atoms with Crippen LogP contribution < -0.4 is 5.32 Å². The Morgan fingerprint density at radius 2 is 1.92 bits per heavy atom. The Labute approximate surface area is 147 Å². The lowest BCUT2D eigenvalue weighted by Crippen LogP contribution is -2.28. The highest BCUT2D eigenvalue weighted by Crippen LogP contribution is 2.30. The zero-order valence-corrected chi connectivity index (χ0v) is 13.9. The van der Waals surface area contributed by atoms with Gasteiger partial charge in [0.15, 0.2) is 0 Å². The second-order valence-electron chi connectivity index (χ2n) is 6.06. The van der Waals surface area contributed by atoms with Gasteiger partial charge in [0.25, 0.3) is 0 Å². The van der Waals surface area contributed by atoms with E-state index in [-0.39, 0.29) is 6.54 Å². The second-order valence-corrected chi connectivity index (χ2v) is 6.06. The average molecular weight is 362 g/mol. The van der Waals surface area contributed by atoms with Gasteiger partial charge in [0, 0.05) is 36.3 Å². The van der Waals surface area contributed by atoms with E-state index in [4.69, 9.17) is 0 Å². The molecular weight excluding hydrogens is 345 g/mol. The van der Waals surface area contributed by atoms with Gasteiger partial charge in [-0.2, -0.15) is 13.2 Å². The van der Waals surface area contributed by atoms with E-state index >= 15 is 0 Å². The van der Waals surface area contributed by atoms with E-state index in [1.807, 2.05) is 35.9 Å². The van der Waals surface area contributed by atoms with Crippen molar-refractivity contribution in [3.05, 3.63) is 71.4 Å². The molecule has 0 saturated heterocycles. The molecule has 1 heterocycles. The van der Waals surface area contributed by atoms with Gasteiger partial charge in [-0.15, -0.1) is 0 Å². The summed E-state index contributed by atoms with van der Waals surface area (Å²) >= 11 is 0. The zero-order valence-electron chi connectivity index (χ0n) is 13.9. The predicted molar refractivity (Wildman–Crippen MR) is 91.6 cm³/mol. The van der Waals surface area contributed by atoms with Gasteiger partial charge in [0.2, 0.25) is 0 Å². The first-order valence-electron chi connectivity index (χ1n) is 7.93. The van der Waals surface area contributed by atoms with Crippen molar-refractivity contribution in [2.45, 2.75) is 18.8 Å². The zero-order chi connectivity index (χ0) is 18.9. The third-order valence-electron chi connectivity index (χ3n) is 4.25. The van der Waals surface area contributed by atoms with E-state index in [1.54, 1.807) is 6.20 Å². The lowest BCUT2D eigenvalue weighted by molar-refractivity contribution is -0.140. The molecule has 1 atom stereocenters. The largest absolute Gasteiger partial charge is 0.480 e. The molecular formula is C19H17F3N2O2. The molecule has 0 saturated carbocycles. The summed E-state index contributed by atoms with van der Waals surface area (Å²) in [7, 11) is 1.82. The van der Waals surface area contributed by atoms with Crippen LogP contribution in [0.5, 0.6) is 0 Å². The highest BCUT2D eigenvalue weighted by Gasteiger charge is 2.30. The molecule has 2 N–H and O–H groups in total. The Hall–Kier alpha value is -2.80. The van der Waals surface area contributed by atoms with Crippen LogP contribution in [0.1, 0.15) is 22.7 Å². The molecule has 4 nitrogen and oxygen atoms in total. The van der Waals surface area contributed by atoms with Gasteiger partial charge in [0.05, 0.1) is 5.56 Å². The molecule has 136 valence electrons. The van der Waals surface area contributed by atoms with E-state index < -0.39 is 23.8 Å². The van der Waals surface area contributed by atoms with E-state index in [9.17, 15) is 23.1 Å². The molecule has 0 aliphatic rings. The van der Waals surface area contributed by atoms with Crippen LogP contribution in [0.4, 0.5) is 13.2 Å². The predicted octanol–water partition coefficient (Wildman–Crippen LogP) is 4.11. The van der Waals surface area contributed by atoms with Crippen LogP contribution in [0, 0.1) is 0 Å². The number of para-hydroxylation sites is 1. The van der Waals surface area contributed by atoms with Crippen molar-refractivity contribution in [3.63, 3.8) is 0 Å². The number of nitrogens with zero attached hydrogens (tertiary/aromatic N) is 1. The van der Waals surface area contributed by atoms with Crippen molar-refractivity contribution in [1.29, 1.82) is 0 Å². The van der Waals surface area contributed by atoms with Gasteiger partial charge < -0.3 is 9.67 Å². The molecule has 0 spiro atoms. The summed E-state index contributed by atoms with van der Waals surface area (Å²) in [5.74, 6) is -1.09. The van der Waals surface area contributed by atoms with Gasteiger partial charge in [-0.1, -0.05) is 36.4 Å². The lowest BCUT2D eigenvalue weighted by atomic mass is 10.0. The second kappa shape index (κ2) is 6.84. The van der Waals surface area contributed by atoms with E-state index in [2.05, 4.69) is 5.32 Å². The fourth-order valence-corrected chi connectivity index (χ4v) is 3.01. The minimum atomic E-state index is -4.43. The van der Waals surface area contributed by atoms with E-state index in [0.717, 1.165) is 23.0 Å². The van der Waals surface area contributed by atoms with Crippen LogP contribution in [0.25, 0.3) is 10.9 Å². The molecule has 3 rings (SSSR count). The SMILES string of the molecule is Cn1cc(C(NCc2cccc(C(F)(F)F)c2)C(=O)O)c2ccccc21. The van der Waals surface area contributed by atoms with Gasteiger partial charge in [-0.3, -0.25) is 10.1 Å². The smallest absolute Gasteiger partial charge is 0.416 e. The van der Waals surface area contributed by atoms with E-state index in [1.165, 1.54) is 12.1 Å². The number of nitrogens with one attached hydrogen (secondary N) is 1. The Kier molecular flexibility index (Phi) is 4.73. The molecule has 0 fully saturated rings. The normalized spacial score (nSPS) is 13.1. The van der Waals surface area contributed by atoms with Crippen LogP contribution in [0.15, 0.2) is 54.7 Å². The third-order valence-corrected chi connectivity index (χ3v) is 4.25. The number of carboxylic acid groups (broad SMARTS) is 1. The summed E-state index contributed by atoms with van der Waals surface area (Å²) < 4.78 is 40.3. The minimum Gasteiger partial charge on any atom is -0.480 e. The summed E-state index contributed by atoms with van der Waals surface area (Å²) in [6, 6.07) is 11.2. The Morgan fingerprint density at radius 1 is 1.19 bits per heavy atom. The summed E-state index contributed by atoms with van der Waals surface area (Å²) in [5.41, 5.74) is 1.07. The molecule has 0 bridgehead atoms. The number of aromatic nitrogens is 1. The number of aliphatic carboxylic acids is 1. The first-order chi connectivity index (χ1) is 12.3. The monoisotopic (exact) mass is 362 g/mol. The third kappa shape index (κ3) is 3.57. The molecule has 26 heavy (non-hydrogen) atoms. The molecule has 7 heteroatoms. The standard InChI is InChI=1S/C19H17F3N2O2/c1-24-11-15(14-7-2-3-8-16(14)24)17(18(25)26)23-10-12-5-4-6-13(9-12)19(20,21)22/h2-9,11,17,23H,10H2,1H3,(H,25,26). The van der Waals surface area contributed by atoms with Crippen molar-refractivity contribution in [2.75, 3.05) is 0 Å². The van der Waals surface area contributed by atoms with Crippen LogP contribution in [-0.4, -0.2) is 15.6 Å².